The van der Waals surface area contributed by atoms with Gasteiger partial charge in [0.15, 0.2) is 0 Å². The van der Waals surface area contributed by atoms with E-state index in [4.69, 9.17) is 5.11 Å². The van der Waals surface area contributed by atoms with Crippen LogP contribution in [0.25, 0.3) is 6.08 Å². The van der Waals surface area contributed by atoms with Crippen LogP contribution < -0.4 is 0 Å². The van der Waals surface area contributed by atoms with Gasteiger partial charge in [-0.2, -0.15) is 0 Å². The van der Waals surface area contributed by atoms with Crippen LogP contribution in [-0.4, -0.2) is 16.8 Å². The van der Waals surface area contributed by atoms with E-state index in [2.05, 4.69) is 15.9 Å². The van der Waals surface area contributed by atoms with Crippen molar-refractivity contribution in [2.24, 2.45) is 0 Å². The third-order valence-corrected chi connectivity index (χ3v) is 2.08. The fraction of sp³-hybridized carbons (Fsp3) is 0.200. The van der Waals surface area contributed by atoms with Crippen molar-refractivity contribution in [2.45, 2.75) is 6.42 Å². The summed E-state index contributed by atoms with van der Waals surface area (Å²) in [5.41, 5.74) is 0.753. The highest BCUT2D eigenvalue weighted by Gasteiger charge is 1.96. The molecule has 0 saturated heterocycles. The Bertz CT molecular complexity index is 308. The second kappa shape index (κ2) is 5.04. The zero-order chi connectivity index (χ0) is 9.68. The van der Waals surface area contributed by atoms with Gasteiger partial charge < -0.3 is 10.2 Å². The fourth-order valence-corrected chi connectivity index (χ4v) is 1.32. The van der Waals surface area contributed by atoms with Crippen LogP contribution in [0, 0.1) is 0 Å². The number of rotatable bonds is 3. The molecular weight excluding hydrogens is 232 g/mol. The lowest BCUT2D eigenvalue weighted by Crippen LogP contribution is -1.77. The third kappa shape index (κ3) is 3.20. The van der Waals surface area contributed by atoms with E-state index >= 15 is 0 Å². The third-order valence-electron chi connectivity index (χ3n) is 1.58. The number of hydrogen-bond donors (Lipinski definition) is 2. The molecule has 0 aliphatic heterocycles. The van der Waals surface area contributed by atoms with E-state index in [-0.39, 0.29) is 12.4 Å². The lowest BCUT2D eigenvalue weighted by atomic mass is 10.2. The SMILES string of the molecule is OCCC=Cc1cc(Br)ccc1O. The Morgan fingerprint density at radius 2 is 2.15 bits per heavy atom. The summed E-state index contributed by atoms with van der Waals surface area (Å²) in [6.45, 7) is 0.130. The summed E-state index contributed by atoms with van der Waals surface area (Å²) < 4.78 is 0.925. The van der Waals surface area contributed by atoms with Gasteiger partial charge in [-0.25, -0.2) is 0 Å². The highest BCUT2D eigenvalue weighted by atomic mass is 79.9. The van der Waals surface area contributed by atoms with E-state index in [1.807, 2.05) is 12.1 Å². The molecule has 0 atom stereocenters. The lowest BCUT2D eigenvalue weighted by Gasteiger charge is -1.98. The highest BCUT2D eigenvalue weighted by Crippen LogP contribution is 2.22. The van der Waals surface area contributed by atoms with Crippen LogP contribution in [0.2, 0.25) is 0 Å². The Balaban J connectivity index is 2.81. The van der Waals surface area contributed by atoms with E-state index in [9.17, 15) is 5.11 Å². The summed E-state index contributed by atoms with van der Waals surface area (Å²) in [6.07, 6.45) is 4.21. The topological polar surface area (TPSA) is 40.5 Å². The average molecular weight is 243 g/mol. The molecule has 1 aromatic carbocycles. The first kappa shape index (κ1) is 10.3. The molecule has 0 saturated carbocycles. The molecule has 0 aromatic heterocycles. The minimum Gasteiger partial charge on any atom is -0.507 e. The Hall–Kier alpha value is -0.800. The predicted octanol–water partition coefficient (Wildman–Crippen LogP) is 2.55. The smallest absolute Gasteiger partial charge is 0.122 e. The average Bonchev–Trinajstić information content (AvgIpc) is 2.11. The van der Waals surface area contributed by atoms with Crippen LogP contribution in [0.15, 0.2) is 28.7 Å². The lowest BCUT2D eigenvalue weighted by molar-refractivity contribution is 0.303. The number of halogens is 1. The van der Waals surface area contributed by atoms with E-state index in [1.165, 1.54) is 0 Å². The molecule has 2 nitrogen and oxygen atoms in total. The van der Waals surface area contributed by atoms with Crippen molar-refractivity contribution >= 4 is 22.0 Å². The summed E-state index contributed by atoms with van der Waals surface area (Å²) in [5.74, 6) is 0.248. The van der Waals surface area contributed by atoms with Crippen molar-refractivity contribution in [2.75, 3.05) is 6.61 Å². The van der Waals surface area contributed by atoms with Crippen molar-refractivity contribution in [1.29, 1.82) is 0 Å². The number of hydrogen-bond acceptors (Lipinski definition) is 2. The van der Waals surface area contributed by atoms with Gasteiger partial charge in [-0.15, -0.1) is 0 Å². The van der Waals surface area contributed by atoms with E-state index in [0.29, 0.717) is 6.42 Å². The summed E-state index contributed by atoms with van der Waals surface area (Å²) in [5, 5.41) is 17.9. The second-order valence-electron chi connectivity index (χ2n) is 2.62. The molecule has 3 heteroatoms. The molecule has 0 fully saturated rings. The molecule has 1 rings (SSSR count). The van der Waals surface area contributed by atoms with Crippen LogP contribution in [0.4, 0.5) is 0 Å². The van der Waals surface area contributed by atoms with Crippen molar-refractivity contribution < 1.29 is 10.2 Å². The van der Waals surface area contributed by atoms with Crippen molar-refractivity contribution in [3.63, 3.8) is 0 Å². The molecule has 0 amide bonds. The molecule has 1 aromatic rings. The Labute approximate surface area is 85.7 Å². The Morgan fingerprint density at radius 3 is 2.85 bits per heavy atom. The first-order valence-corrected chi connectivity index (χ1v) is 4.79. The number of phenols is 1. The summed E-state index contributed by atoms with van der Waals surface area (Å²) in [7, 11) is 0. The monoisotopic (exact) mass is 242 g/mol. The van der Waals surface area contributed by atoms with Crippen LogP contribution in [-0.2, 0) is 0 Å². The Morgan fingerprint density at radius 1 is 1.38 bits per heavy atom. The van der Waals surface area contributed by atoms with E-state index in [1.54, 1.807) is 18.2 Å². The minimum atomic E-state index is 0.130. The largest absolute Gasteiger partial charge is 0.507 e. The molecule has 0 radical (unpaired) electrons. The molecule has 0 bridgehead atoms. The quantitative estimate of drug-likeness (QED) is 0.856. The van der Waals surface area contributed by atoms with Crippen molar-refractivity contribution in [3.05, 3.63) is 34.3 Å². The predicted molar refractivity (Wildman–Crippen MR) is 56.5 cm³/mol. The normalized spacial score (nSPS) is 10.9. The molecule has 2 N–H and O–H groups in total. The molecule has 70 valence electrons. The van der Waals surface area contributed by atoms with Gasteiger partial charge in [0.2, 0.25) is 0 Å². The van der Waals surface area contributed by atoms with Gasteiger partial charge in [-0.3, -0.25) is 0 Å². The highest BCUT2D eigenvalue weighted by molar-refractivity contribution is 9.10. The maximum absolute atomic E-state index is 9.40. The van der Waals surface area contributed by atoms with Gasteiger partial charge in [-0.05, 0) is 24.6 Å². The molecule has 13 heavy (non-hydrogen) atoms. The zero-order valence-corrected chi connectivity index (χ0v) is 8.66. The molecule has 0 spiro atoms. The van der Waals surface area contributed by atoms with Gasteiger partial charge in [-0.1, -0.05) is 28.1 Å². The molecule has 0 heterocycles. The minimum absolute atomic E-state index is 0.130. The van der Waals surface area contributed by atoms with Gasteiger partial charge in [0, 0.05) is 16.6 Å². The van der Waals surface area contributed by atoms with Crippen LogP contribution in [0.5, 0.6) is 5.75 Å². The second-order valence-corrected chi connectivity index (χ2v) is 3.53. The number of phenolic OH excluding ortho intramolecular Hbond substituents is 1. The number of aromatic hydroxyl groups is 1. The van der Waals surface area contributed by atoms with Crippen LogP contribution in [0.3, 0.4) is 0 Å². The summed E-state index contributed by atoms with van der Waals surface area (Å²) in [6, 6.07) is 5.23. The van der Waals surface area contributed by atoms with Crippen LogP contribution >= 0.6 is 15.9 Å². The number of aliphatic hydroxyl groups excluding tert-OH is 1. The van der Waals surface area contributed by atoms with E-state index in [0.717, 1.165) is 10.0 Å². The Kier molecular flexibility index (Phi) is 3.99. The van der Waals surface area contributed by atoms with Gasteiger partial charge in [0.1, 0.15) is 5.75 Å². The van der Waals surface area contributed by atoms with E-state index < -0.39 is 0 Å². The number of aliphatic hydroxyl groups is 1. The molecule has 0 aliphatic carbocycles. The van der Waals surface area contributed by atoms with Gasteiger partial charge in [0.05, 0.1) is 0 Å². The first-order chi connectivity index (χ1) is 6.24. The summed E-state index contributed by atoms with van der Waals surface area (Å²) in [4.78, 5) is 0. The maximum atomic E-state index is 9.40. The van der Waals surface area contributed by atoms with Crippen molar-refractivity contribution in [1.82, 2.24) is 0 Å². The standard InChI is InChI=1S/C10H11BrO2/c11-9-4-5-10(13)8(7-9)3-1-2-6-12/h1,3-5,7,12-13H,2,6H2. The molecule has 0 unspecified atom stereocenters. The number of benzene rings is 1. The fourth-order valence-electron chi connectivity index (χ4n) is 0.944. The zero-order valence-electron chi connectivity index (χ0n) is 7.07. The van der Waals surface area contributed by atoms with Crippen molar-refractivity contribution in [3.8, 4) is 5.75 Å². The maximum Gasteiger partial charge on any atom is 0.122 e. The first-order valence-electron chi connectivity index (χ1n) is 4.00. The van der Waals surface area contributed by atoms with Gasteiger partial charge >= 0.3 is 0 Å². The molecule has 0 aliphatic rings. The molecular formula is C10H11BrO2. The van der Waals surface area contributed by atoms with Crippen LogP contribution in [0.1, 0.15) is 12.0 Å². The van der Waals surface area contributed by atoms with Gasteiger partial charge in [0.25, 0.3) is 0 Å². The summed E-state index contributed by atoms with van der Waals surface area (Å²) >= 11 is 3.31.